The molecule has 1 fully saturated rings. The van der Waals surface area contributed by atoms with E-state index < -0.39 is 5.54 Å². The van der Waals surface area contributed by atoms with E-state index in [0.717, 1.165) is 24.0 Å². The van der Waals surface area contributed by atoms with Crippen LogP contribution in [0.2, 0.25) is 0 Å². The molecule has 2 aromatic rings. The lowest BCUT2D eigenvalue weighted by Crippen LogP contribution is -2.49. The second-order valence-electron chi connectivity index (χ2n) is 7.27. The van der Waals surface area contributed by atoms with Crippen LogP contribution in [0.3, 0.4) is 0 Å². The molecule has 0 spiro atoms. The average Bonchev–Trinajstić information content (AvgIpc) is 3.50. The lowest BCUT2D eigenvalue weighted by atomic mass is 9.97. The Morgan fingerprint density at radius 3 is 2.35 bits per heavy atom. The number of carbonyl (C=O) groups excluding carboxylic acids is 1. The molecule has 3 rings (SSSR count). The van der Waals surface area contributed by atoms with Crippen molar-refractivity contribution in [1.29, 1.82) is 5.26 Å². The van der Waals surface area contributed by atoms with Crippen LogP contribution < -0.4 is 10.6 Å². The Balaban J connectivity index is 1.71. The average molecular weight is 347 g/mol. The molecular weight excluding hydrogens is 322 g/mol. The molecule has 0 saturated heterocycles. The van der Waals surface area contributed by atoms with Gasteiger partial charge in [-0.05, 0) is 43.7 Å². The number of nitrogens with one attached hydrogen (secondary N) is 2. The first kappa shape index (κ1) is 18.2. The van der Waals surface area contributed by atoms with Crippen molar-refractivity contribution in [2.24, 2.45) is 5.92 Å². The van der Waals surface area contributed by atoms with Crippen molar-refractivity contribution in [1.82, 2.24) is 10.6 Å². The summed E-state index contributed by atoms with van der Waals surface area (Å²) >= 11 is 0. The second-order valence-corrected chi connectivity index (χ2v) is 7.27. The summed E-state index contributed by atoms with van der Waals surface area (Å²) < 4.78 is 0. The van der Waals surface area contributed by atoms with Gasteiger partial charge in [0.15, 0.2) is 0 Å². The van der Waals surface area contributed by atoms with Crippen LogP contribution in [-0.4, -0.2) is 18.0 Å². The van der Waals surface area contributed by atoms with Gasteiger partial charge in [-0.3, -0.25) is 10.1 Å². The number of carbonyl (C=O) groups is 1. The van der Waals surface area contributed by atoms with Crippen molar-refractivity contribution < 1.29 is 4.79 Å². The molecule has 0 heterocycles. The number of nitrogens with zero attached hydrogens (tertiary/aromatic N) is 1. The Kier molecular flexibility index (Phi) is 5.39. The predicted octanol–water partition coefficient (Wildman–Crippen LogP) is 3.48. The van der Waals surface area contributed by atoms with Gasteiger partial charge in [0, 0.05) is 0 Å². The smallest absolute Gasteiger partial charge is 0.235 e. The third-order valence-electron chi connectivity index (χ3n) is 5.04. The summed E-state index contributed by atoms with van der Waals surface area (Å²) in [7, 11) is 0. The highest BCUT2D eigenvalue weighted by Crippen LogP contribution is 2.39. The molecule has 0 aliphatic heterocycles. The minimum atomic E-state index is -0.759. The van der Waals surface area contributed by atoms with E-state index in [1.807, 2.05) is 25.1 Å². The summed E-state index contributed by atoms with van der Waals surface area (Å²) in [6, 6.07) is 20.6. The summed E-state index contributed by atoms with van der Waals surface area (Å²) in [4.78, 5) is 12.4. The largest absolute Gasteiger partial charge is 0.337 e. The molecule has 0 radical (unpaired) electrons. The van der Waals surface area contributed by atoms with E-state index in [1.54, 1.807) is 0 Å². The lowest BCUT2D eigenvalue weighted by Gasteiger charge is -2.25. The fourth-order valence-electron chi connectivity index (χ4n) is 3.24. The fourth-order valence-corrected chi connectivity index (χ4v) is 3.24. The summed E-state index contributed by atoms with van der Waals surface area (Å²) in [6.45, 7) is 4.04. The van der Waals surface area contributed by atoms with Crippen LogP contribution in [0.1, 0.15) is 42.5 Å². The zero-order valence-electron chi connectivity index (χ0n) is 15.3. The number of nitriles is 1. The summed E-state index contributed by atoms with van der Waals surface area (Å²) in [5.41, 5.74) is 2.66. The van der Waals surface area contributed by atoms with Crippen LogP contribution in [-0.2, 0) is 4.79 Å². The molecule has 0 aromatic heterocycles. The van der Waals surface area contributed by atoms with Gasteiger partial charge in [0.2, 0.25) is 5.91 Å². The maximum absolute atomic E-state index is 12.4. The highest BCUT2D eigenvalue weighted by Gasteiger charge is 2.42. The normalized spacial score (nSPS) is 17.0. The van der Waals surface area contributed by atoms with Crippen LogP contribution in [0.25, 0.3) is 0 Å². The number of benzene rings is 2. The Morgan fingerprint density at radius 2 is 1.77 bits per heavy atom. The topological polar surface area (TPSA) is 64.9 Å². The molecule has 2 aromatic carbocycles. The summed E-state index contributed by atoms with van der Waals surface area (Å²) in [5.74, 6) is 0.132. The molecule has 4 nitrogen and oxygen atoms in total. The third kappa shape index (κ3) is 4.30. The van der Waals surface area contributed by atoms with Crippen molar-refractivity contribution in [2.75, 3.05) is 6.54 Å². The number of amides is 1. The highest BCUT2D eigenvalue weighted by molar-refractivity contribution is 5.79. The SMILES string of the molecule is Cc1ccc([C@@H](NCC(=O)N[C@@](C)(C#N)C2CC2)c2ccccc2)cc1. The van der Waals surface area contributed by atoms with Crippen molar-refractivity contribution in [3.8, 4) is 6.07 Å². The summed E-state index contributed by atoms with van der Waals surface area (Å²) in [5, 5.41) is 15.7. The van der Waals surface area contributed by atoms with Gasteiger partial charge < -0.3 is 5.32 Å². The minimum absolute atomic E-state index is 0.0724. The van der Waals surface area contributed by atoms with Gasteiger partial charge in [0.25, 0.3) is 0 Å². The molecule has 2 atom stereocenters. The van der Waals surface area contributed by atoms with Gasteiger partial charge in [-0.25, -0.2) is 0 Å². The van der Waals surface area contributed by atoms with Gasteiger partial charge in [0.05, 0.1) is 18.7 Å². The number of hydrogen-bond donors (Lipinski definition) is 2. The first-order chi connectivity index (χ1) is 12.5. The third-order valence-corrected chi connectivity index (χ3v) is 5.04. The quantitative estimate of drug-likeness (QED) is 0.806. The number of hydrogen-bond acceptors (Lipinski definition) is 3. The number of aryl methyl sites for hydroxylation is 1. The summed E-state index contributed by atoms with van der Waals surface area (Å²) in [6.07, 6.45) is 2.02. The molecule has 0 bridgehead atoms. The standard InChI is InChI=1S/C22H25N3O/c1-16-8-10-18(11-9-16)21(17-6-4-3-5-7-17)24-14-20(26)25-22(2,15-23)19-12-13-19/h3-11,19,21,24H,12-14H2,1-2H3,(H,25,26)/t21-,22-/m0/s1. The molecule has 26 heavy (non-hydrogen) atoms. The van der Waals surface area contributed by atoms with E-state index in [0.29, 0.717) is 0 Å². The molecule has 2 N–H and O–H groups in total. The number of rotatable bonds is 7. The Morgan fingerprint density at radius 1 is 1.15 bits per heavy atom. The molecule has 1 aliphatic rings. The van der Waals surface area contributed by atoms with Crippen LogP contribution >= 0.6 is 0 Å². The monoisotopic (exact) mass is 347 g/mol. The first-order valence-corrected chi connectivity index (χ1v) is 9.09. The van der Waals surface area contributed by atoms with Crippen LogP contribution in [0.15, 0.2) is 54.6 Å². The molecule has 4 heteroatoms. The van der Waals surface area contributed by atoms with E-state index in [4.69, 9.17) is 0 Å². The molecule has 1 saturated carbocycles. The van der Waals surface area contributed by atoms with E-state index >= 15 is 0 Å². The zero-order chi connectivity index (χ0) is 18.6. The maximum Gasteiger partial charge on any atom is 0.235 e. The van der Waals surface area contributed by atoms with Gasteiger partial charge >= 0.3 is 0 Å². The Hall–Kier alpha value is -2.64. The molecule has 1 aliphatic carbocycles. The molecular formula is C22H25N3O. The Labute approximate surface area is 155 Å². The van der Waals surface area contributed by atoms with Crippen molar-refractivity contribution >= 4 is 5.91 Å². The van der Waals surface area contributed by atoms with Gasteiger partial charge in [0.1, 0.15) is 5.54 Å². The molecule has 1 amide bonds. The maximum atomic E-state index is 12.4. The van der Waals surface area contributed by atoms with Crippen LogP contribution in [0.4, 0.5) is 0 Å². The minimum Gasteiger partial charge on any atom is -0.337 e. The van der Waals surface area contributed by atoms with E-state index in [1.165, 1.54) is 5.56 Å². The molecule has 134 valence electrons. The van der Waals surface area contributed by atoms with E-state index in [-0.39, 0.29) is 24.4 Å². The first-order valence-electron chi connectivity index (χ1n) is 9.09. The van der Waals surface area contributed by atoms with Gasteiger partial charge in [-0.1, -0.05) is 60.2 Å². The van der Waals surface area contributed by atoms with E-state index in [9.17, 15) is 10.1 Å². The van der Waals surface area contributed by atoms with Gasteiger partial charge in [-0.15, -0.1) is 0 Å². The fraction of sp³-hybridized carbons (Fsp3) is 0.364. The highest BCUT2D eigenvalue weighted by atomic mass is 16.2. The lowest BCUT2D eigenvalue weighted by molar-refractivity contribution is -0.121. The molecule has 0 unspecified atom stereocenters. The predicted molar refractivity (Wildman–Crippen MR) is 102 cm³/mol. The van der Waals surface area contributed by atoms with Crippen LogP contribution in [0, 0.1) is 24.2 Å². The van der Waals surface area contributed by atoms with E-state index in [2.05, 4.69) is 60.0 Å². The Bertz CT molecular complexity index is 790. The van der Waals surface area contributed by atoms with Crippen molar-refractivity contribution in [3.05, 3.63) is 71.3 Å². The van der Waals surface area contributed by atoms with Gasteiger partial charge in [-0.2, -0.15) is 5.26 Å². The van der Waals surface area contributed by atoms with Crippen molar-refractivity contribution in [3.63, 3.8) is 0 Å². The zero-order valence-corrected chi connectivity index (χ0v) is 15.3. The van der Waals surface area contributed by atoms with Crippen LogP contribution in [0.5, 0.6) is 0 Å². The van der Waals surface area contributed by atoms with Crippen molar-refractivity contribution in [2.45, 2.75) is 38.3 Å². The second kappa shape index (κ2) is 7.72.